The molecule has 1 heterocycles. The van der Waals surface area contributed by atoms with Crippen molar-refractivity contribution in [3.05, 3.63) is 51.7 Å². The highest BCUT2D eigenvalue weighted by atomic mass is 32.1. The molecule has 2 aromatic rings. The van der Waals surface area contributed by atoms with Gasteiger partial charge in [-0.05, 0) is 31.5 Å². The quantitative estimate of drug-likeness (QED) is 0.858. The SMILES string of the molecule is CC(C)(CO)NC(=O)Cc1csc(Cc2ccc(F)cc2)n1. The monoisotopic (exact) mass is 322 g/mol. The Labute approximate surface area is 133 Å². The van der Waals surface area contributed by atoms with Gasteiger partial charge in [0.25, 0.3) is 0 Å². The molecule has 0 spiro atoms. The summed E-state index contributed by atoms with van der Waals surface area (Å²) < 4.78 is 12.9. The summed E-state index contributed by atoms with van der Waals surface area (Å²) >= 11 is 1.48. The molecule has 0 fully saturated rings. The molecule has 1 aromatic heterocycles. The highest BCUT2D eigenvalue weighted by Gasteiger charge is 2.19. The molecule has 0 saturated carbocycles. The van der Waals surface area contributed by atoms with E-state index in [2.05, 4.69) is 10.3 Å². The lowest BCUT2D eigenvalue weighted by molar-refractivity contribution is -0.122. The van der Waals surface area contributed by atoms with Gasteiger partial charge in [0.05, 0.1) is 29.3 Å². The normalized spacial score (nSPS) is 11.5. The fourth-order valence-corrected chi connectivity index (χ4v) is 2.74. The first-order chi connectivity index (χ1) is 10.4. The van der Waals surface area contributed by atoms with Gasteiger partial charge in [-0.3, -0.25) is 4.79 Å². The van der Waals surface area contributed by atoms with Crippen LogP contribution >= 0.6 is 11.3 Å². The number of thiazole rings is 1. The van der Waals surface area contributed by atoms with Crippen molar-refractivity contribution < 1.29 is 14.3 Å². The van der Waals surface area contributed by atoms with Crippen LogP contribution in [0.5, 0.6) is 0 Å². The number of benzene rings is 1. The largest absolute Gasteiger partial charge is 0.394 e. The minimum atomic E-state index is -0.635. The first-order valence-corrected chi connectivity index (χ1v) is 7.85. The molecular formula is C16H19FN2O2S. The molecule has 4 nitrogen and oxygen atoms in total. The van der Waals surface area contributed by atoms with Gasteiger partial charge < -0.3 is 10.4 Å². The van der Waals surface area contributed by atoms with Gasteiger partial charge in [-0.2, -0.15) is 0 Å². The standard InChI is InChI=1S/C16H19FN2O2S/c1-16(2,10-20)19-14(21)8-13-9-22-15(18-13)7-11-3-5-12(17)6-4-11/h3-6,9,20H,7-8,10H2,1-2H3,(H,19,21). The number of nitrogens with zero attached hydrogens (tertiary/aromatic N) is 1. The number of hydrogen-bond donors (Lipinski definition) is 2. The number of amides is 1. The summed E-state index contributed by atoms with van der Waals surface area (Å²) in [6.07, 6.45) is 0.804. The maximum Gasteiger partial charge on any atom is 0.226 e. The Kier molecular flexibility index (Phi) is 5.26. The van der Waals surface area contributed by atoms with Crippen LogP contribution < -0.4 is 5.32 Å². The van der Waals surface area contributed by atoms with E-state index in [0.717, 1.165) is 10.6 Å². The number of carbonyl (C=O) groups excluding carboxylic acids is 1. The lowest BCUT2D eigenvalue weighted by atomic mass is 10.1. The number of nitrogens with one attached hydrogen (secondary N) is 1. The fraction of sp³-hybridized carbons (Fsp3) is 0.375. The summed E-state index contributed by atoms with van der Waals surface area (Å²) in [6, 6.07) is 6.31. The average molecular weight is 322 g/mol. The summed E-state index contributed by atoms with van der Waals surface area (Å²) in [4.78, 5) is 16.3. The van der Waals surface area contributed by atoms with E-state index in [4.69, 9.17) is 5.11 Å². The zero-order valence-corrected chi connectivity index (χ0v) is 13.4. The highest BCUT2D eigenvalue weighted by molar-refractivity contribution is 7.09. The Morgan fingerprint density at radius 1 is 1.36 bits per heavy atom. The maximum absolute atomic E-state index is 12.9. The van der Waals surface area contributed by atoms with E-state index in [-0.39, 0.29) is 24.8 Å². The van der Waals surface area contributed by atoms with Crippen LogP contribution in [-0.4, -0.2) is 28.1 Å². The molecule has 22 heavy (non-hydrogen) atoms. The zero-order chi connectivity index (χ0) is 16.2. The molecule has 2 N–H and O–H groups in total. The minimum Gasteiger partial charge on any atom is -0.394 e. The molecule has 0 radical (unpaired) electrons. The molecule has 0 aliphatic carbocycles. The Hall–Kier alpha value is -1.79. The van der Waals surface area contributed by atoms with E-state index in [1.165, 1.54) is 23.5 Å². The van der Waals surface area contributed by atoms with Crippen LogP contribution in [0.25, 0.3) is 0 Å². The van der Waals surface area contributed by atoms with Crippen molar-refractivity contribution in [2.45, 2.75) is 32.2 Å². The Morgan fingerprint density at radius 2 is 2.05 bits per heavy atom. The van der Waals surface area contributed by atoms with Gasteiger partial charge in [0.15, 0.2) is 0 Å². The summed E-state index contributed by atoms with van der Waals surface area (Å²) in [6.45, 7) is 3.39. The molecule has 2 rings (SSSR count). The second kappa shape index (κ2) is 6.98. The smallest absolute Gasteiger partial charge is 0.226 e. The van der Waals surface area contributed by atoms with Crippen molar-refractivity contribution in [1.82, 2.24) is 10.3 Å². The number of hydrogen-bond acceptors (Lipinski definition) is 4. The van der Waals surface area contributed by atoms with Gasteiger partial charge in [-0.1, -0.05) is 12.1 Å². The van der Waals surface area contributed by atoms with Crippen molar-refractivity contribution in [3.8, 4) is 0 Å². The first kappa shape index (κ1) is 16.6. The second-order valence-corrected chi connectivity index (χ2v) is 6.75. The number of aliphatic hydroxyl groups is 1. The fourth-order valence-electron chi connectivity index (χ4n) is 1.91. The molecule has 0 saturated heterocycles. The Morgan fingerprint density at radius 3 is 2.68 bits per heavy atom. The molecule has 0 bridgehead atoms. The van der Waals surface area contributed by atoms with Crippen molar-refractivity contribution in [2.24, 2.45) is 0 Å². The summed E-state index contributed by atoms with van der Waals surface area (Å²) in [7, 11) is 0. The Balaban J connectivity index is 1.94. The second-order valence-electron chi connectivity index (χ2n) is 5.80. The summed E-state index contributed by atoms with van der Waals surface area (Å²) in [5, 5.41) is 14.6. The lowest BCUT2D eigenvalue weighted by Crippen LogP contribution is -2.46. The zero-order valence-electron chi connectivity index (χ0n) is 12.6. The molecule has 0 aliphatic heterocycles. The van der Waals surface area contributed by atoms with E-state index in [1.54, 1.807) is 26.0 Å². The van der Waals surface area contributed by atoms with E-state index in [0.29, 0.717) is 12.1 Å². The van der Waals surface area contributed by atoms with Crippen LogP contribution in [-0.2, 0) is 17.6 Å². The minimum absolute atomic E-state index is 0.119. The molecular weight excluding hydrogens is 303 g/mol. The molecule has 0 aliphatic rings. The number of halogens is 1. The van der Waals surface area contributed by atoms with Crippen molar-refractivity contribution in [1.29, 1.82) is 0 Å². The number of aliphatic hydroxyl groups excluding tert-OH is 1. The van der Waals surface area contributed by atoms with Crippen LogP contribution in [0.2, 0.25) is 0 Å². The molecule has 1 aromatic carbocycles. The van der Waals surface area contributed by atoms with Crippen LogP contribution in [0.1, 0.15) is 30.1 Å². The number of aromatic nitrogens is 1. The van der Waals surface area contributed by atoms with Gasteiger partial charge >= 0.3 is 0 Å². The third kappa shape index (κ3) is 4.89. The lowest BCUT2D eigenvalue weighted by Gasteiger charge is -2.23. The highest BCUT2D eigenvalue weighted by Crippen LogP contribution is 2.16. The topological polar surface area (TPSA) is 62.2 Å². The molecule has 6 heteroatoms. The van der Waals surface area contributed by atoms with Crippen LogP contribution in [0, 0.1) is 5.82 Å². The van der Waals surface area contributed by atoms with Gasteiger partial charge in [0.2, 0.25) is 5.91 Å². The van der Waals surface area contributed by atoms with E-state index >= 15 is 0 Å². The van der Waals surface area contributed by atoms with E-state index in [1.807, 2.05) is 5.38 Å². The molecule has 1 amide bonds. The van der Waals surface area contributed by atoms with Gasteiger partial charge in [0.1, 0.15) is 5.82 Å². The van der Waals surface area contributed by atoms with Crippen molar-refractivity contribution >= 4 is 17.2 Å². The molecule has 0 atom stereocenters. The third-order valence-electron chi connectivity index (χ3n) is 3.08. The molecule has 118 valence electrons. The van der Waals surface area contributed by atoms with E-state index in [9.17, 15) is 9.18 Å². The summed E-state index contributed by atoms with van der Waals surface area (Å²) in [5.74, 6) is -0.426. The summed E-state index contributed by atoms with van der Waals surface area (Å²) in [5.41, 5.74) is 1.05. The van der Waals surface area contributed by atoms with Gasteiger partial charge in [-0.15, -0.1) is 11.3 Å². The molecule has 0 unspecified atom stereocenters. The van der Waals surface area contributed by atoms with Gasteiger partial charge in [-0.25, -0.2) is 9.37 Å². The third-order valence-corrected chi connectivity index (χ3v) is 3.98. The number of rotatable bonds is 6. The van der Waals surface area contributed by atoms with Gasteiger partial charge in [0, 0.05) is 11.8 Å². The maximum atomic E-state index is 12.9. The predicted octanol–water partition coefficient (Wildman–Crippen LogP) is 2.30. The first-order valence-electron chi connectivity index (χ1n) is 6.97. The van der Waals surface area contributed by atoms with Crippen molar-refractivity contribution in [2.75, 3.05) is 6.61 Å². The average Bonchev–Trinajstić information content (AvgIpc) is 2.88. The Bertz CT molecular complexity index is 638. The van der Waals surface area contributed by atoms with Crippen LogP contribution in [0.4, 0.5) is 4.39 Å². The van der Waals surface area contributed by atoms with E-state index < -0.39 is 5.54 Å². The van der Waals surface area contributed by atoms with Crippen molar-refractivity contribution in [3.63, 3.8) is 0 Å². The number of carbonyl (C=O) groups is 1. The predicted molar refractivity (Wildman–Crippen MR) is 84.3 cm³/mol. The van der Waals surface area contributed by atoms with Crippen LogP contribution in [0.3, 0.4) is 0 Å². The van der Waals surface area contributed by atoms with Crippen LogP contribution in [0.15, 0.2) is 29.6 Å².